The number of carbonyl (C=O) groups is 1. The number of ether oxygens (including phenoxy) is 1. The minimum absolute atomic E-state index is 0.0392. The quantitative estimate of drug-likeness (QED) is 0.795. The molecule has 1 saturated heterocycles. The van der Waals surface area contributed by atoms with Crippen molar-refractivity contribution in [1.82, 2.24) is 5.32 Å². The summed E-state index contributed by atoms with van der Waals surface area (Å²) in [4.78, 5) is 13.5. The highest BCUT2D eigenvalue weighted by Gasteiger charge is 2.23. The summed E-state index contributed by atoms with van der Waals surface area (Å²) in [6, 6.07) is 12.6. The highest BCUT2D eigenvalue weighted by Crippen LogP contribution is 2.22. The SMILES string of the molecule is CC[C@@H](NCc1cccc(NC(=O)[C@H]2CCCO2)c1)c1cccs1. The van der Waals surface area contributed by atoms with E-state index in [-0.39, 0.29) is 12.0 Å². The van der Waals surface area contributed by atoms with Gasteiger partial charge in [-0.1, -0.05) is 25.1 Å². The van der Waals surface area contributed by atoms with Gasteiger partial charge in [0.1, 0.15) is 6.10 Å². The number of amides is 1. The van der Waals surface area contributed by atoms with Crippen molar-refractivity contribution in [3.63, 3.8) is 0 Å². The molecule has 4 nitrogen and oxygen atoms in total. The van der Waals surface area contributed by atoms with Gasteiger partial charge in [-0.15, -0.1) is 11.3 Å². The van der Waals surface area contributed by atoms with Gasteiger partial charge in [-0.3, -0.25) is 4.79 Å². The number of anilines is 1. The summed E-state index contributed by atoms with van der Waals surface area (Å²) in [7, 11) is 0. The Bertz CT molecular complexity index is 651. The van der Waals surface area contributed by atoms with Crippen LogP contribution in [-0.4, -0.2) is 18.6 Å². The maximum absolute atomic E-state index is 12.1. The standard InChI is InChI=1S/C19H24N2O2S/c1-2-16(18-9-5-11-24-18)20-13-14-6-3-7-15(12-14)21-19(22)17-8-4-10-23-17/h3,5-7,9,11-12,16-17,20H,2,4,8,10,13H2,1H3,(H,21,22)/t16-,17-/m1/s1. The normalized spacial score (nSPS) is 18.5. The van der Waals surface area contributed by atoms with Crippen molar-refractivity contribution in [2.75, 3.05) is 11.9 Å². The maximum atomic E-state index is 12.1. The first-order chi connectivity index (χ1) is 11.8. The van der Waals surface area contributed by atoms with Gasteiger partial charge in [0, 0.05) is 29.8 Å². The van der Waals surface area contributed by atoms with E-state index < -0.39 is 0 Å². The van der Waals surface area contributed by atoms with Gasteiger partial charge >= 0.3 is 0 Å². The van der Waals surface area contributed by atoms with E-state index in [9.17, 15) is 4.79 Å². The van der Waals surface area contributed by atoms with E-state index in [1.807, 2.05) is 18.2 Å². The van der Waals surface area contributed by atoms with E-state index in [0.717, 1.165) is 37.1 Å². The molecule has 1 fully saturated rings. The number of benzene rings is 1. The Morgan fingerprint density at radius 3 is 3.00 bits per heavy atom. The van der Waals surface area contributed by atoms with Crippen molar-refractivity contribution in [1.29, 1.82) is 0 Å². The Kier molecular flexibility index (Phi) is 6.01. The highest BCUT2D eigenvalue weighted by molar-refractivity contribution is 7.10. The first-order valence-corrected chi connectivity index (χ1v) is 9.42. The molecule has 1 aliphatic rings. The van der Waals surface area contributed by atoms with Gasteiger partial charge in [-0.2, -0.15) is 0 Å². The second-order valence-electron chi connectivity index (χ2n) is 6.05. The third-order valence-corrected chi connectivity index (χ3v) is 5.25. The van der Waals surface area contributed by atoms with Gasteiger partial charge in [-0.25, -0.2) is 0 Å². The van der Waals surface area contributed by atoms with Crippen LogP contribution in [0.2, 0.25) is 0 Å². The van der Waals surface area contributed by atoms with Crippen LogP contribution >= 0.6 is 11.3 Å². The van der Waals surface area contributed by atoms with E-state index in [1.54, 1.807) is 11.3 Å². The maximum Gasteiger partial charge on any atom is 0.253 e. The third-order valence-electron chi connectivity index (χ3n) is 4.26. The molecule has 0 bridgehead atoms. The van der Waals surface area contributed by atoms with Crippen molar-refractivity contribution < 1.29 is 9.53 Å². The fourth-order valence-corrected chi connectivity index (χ4v) is 3.83. The molecule has 0 aliphatic carbocycles. The van der Waals surface area contributed by atoms with Crippen LogP contribution in [0.3, 0.4) is 0 Å². The molecule has 2 heterocycles. The van der Waals surface area contributed by atoms with Crippen molar-refractivity contribution in [2.45, 2.75) is 44.9 Å². The summed E-state index contributed by atoms with van der Waals surface area (Å²) >= 11 is 1.78. The Balaban J connectivity index is 1.57. The van der Waals surface area contributed by atoms with E-state index in [4.69, 9.17) is 4.74 Å². The third kappa shape index (κ3) is 4.44. The summed E-state index contributed by atoms with van der Waals surface area (Å²) in [5, 5.41) is 8.67. The number of thiophene rings is 1. The molecular formula is C19H24N2O2S. The largest absolute Gasteiger partial charge is 0.368 e. The van der Waals surface area contributed by atoms with Crippen molar-refractivity contribution >= 4 is 22.9 Å². The van der Waals surface area contributed by atoms with Gasteiger partial charge < -0.3 is 15.4 Å². The van der Waals surface area contributed by atoms with E-state index in [2.05, 4.69) is 41.1 Å². The zero-order valence-corrected chi connectivity index (χ0v) is 14.8. The summed E-state index contributed by atoms with van der Waals surface area (Å²) in [5.74, 6) is -0.0392. The van der Waals surface area contributed by atoms with Crippen LogP contribution in [0, 0.1) is 0 Å². The molecule has 3 rings (SSSR count). The van der Waals surface area contributed by atoms with Crippen LogP contribution in [0.1, 0.15) is 42.7 Å². The van der Waals surface area contributed by atoms with Crippen LogP contribution in [0.5, 0.6) is 0 Å². The lowest BCUT2D eigenvalue weighted by Crippen LogP contribution is -2.27. The number of hydrogen-bond donors (Lipinski definition) is 2. The molecule has 5 heteroatoms. The van der Waals surface area contributed by atoms with Gasteiger partial charge in [0.05, 0.1) is 0 Å². The second kappa shape index (κ2) is 8.42. The zero-order valence-electron chi connectivity index (χ0n) is 14.0. The average molecular weight is 344 g/mol. The zero-order chi connectivity index (χ0) is 16.8. The molecule has 1 aromatic heterocycles. The molecule has 0 unspecified atom stereocenters. The summed E-state index contributed by atoms with van der Waals surface area (Å²) in [5.41, 5.74) is 1.99. The van der Waals surface area contributed by atoms with Crippen LogP contribution < -0.4 is 10.6 Å². The first kappa shape index (κ1) is 17.1. The fourth-order valence-electron chi connectivity index (χ4n) is 2.94. The molecule has 1 amide bonds. The van der Waals surface area contributed by atoms with Gasteiger partial charge in [0.25, 0.3) is 5.91 Å². The van der Waals surface area contributed by atoms with Gasteiger partial charge in [-0.05, 0) is 48.4 Å². The topological polar surface area (TPSA) is 50.4 Å². The molecule has 2 aromatic rings. The van der Waals surface area contributed by atoms with Crippen LogP contribution in [0.25, 0.3) is 0 Å². The number of hydrogen-bond acceptors (Lipinski definition) is 4. The summed E-state index contributed by atoms with van der Waals surface area (Å²) in [6.07, 6.45) is 2.53. The highest BCUT2D eigenvalue weighted by atomic mass is 32.1. The van der Waals surface area contributed by atoms with Crippen molar-refractivity contribution in [3.05, 3.63) is 52.2 Å². The minimum atomic E-state index is -0.296. The molecule has 0 spiro atoms. The second-order valence-corrected chi connectivity index (χ2v) is 7.03. The van der Waals surface area contributed by atoms with Crippen LogP contribution in [0.4, 0.5) is 5.69 Å². The predicted octanol–water partition coefficient (Wildman–Crippen LogP) is 4.11. The number of carbonyl (C=O) groups excluding carboxylic acids is 1. The minimum Gasteiger partial charge on any atom is -0.368 e. The first-order valence-electron chi connectivity index (χ1n) is 8.54. The Morgan fingerprint density at radius 1 is 1.38 bits per heavy atom. The molecule has 128 valence electrons. The van der Waals surface area contributed by atoms with E-state index in [0.29, 0.717) is 12.6 Å². The molecule has 0 radical (unpaired) electrons. The fraction of sp³-hybridized carbons (Fsp3) is 0.421. The van der Waals surface area contributed by atoms with E-state index in [1.165, 1.54) is 4.88 Å². The lowest BCUT2D eigenvalue weighted by atomic mass is 10.1. The molecule has 2 atom stereocenters. The molecule has 2 N–H and O–H groups in total. The molecular weight excluding hydrogens is 320 g/mol. The lowest BCUT2D eigenvalue weighted by molar-refractivity contribution is -0.124. The lowest BCUT2D eigenvalue weighted by Gasteiger charge is -2.16. The summed E-state index contributed by atoms with van der Waals surface area (Å²) < 4.78 is 5.43. The summed E-state index contributed by atoms with van der Waals surface area (Å²) in [6.45, 7) is 3.65. The predicted molar refractivity (Wildman–Crippen MR) is 98.2 cm³/mol. The van der Waals surface area contributed by atoms with Gasteiger partial charge in [0.2, 0.25) is 0 Å². The van der Waals surface area contributed by atoms with E-state index >= 15 is 0 Å². The monoisotopic (exact) mass is 344 g/mol. The Hall–Kier alpha value is -1.69. The Morgan fingerprint density at radius 2 is 2.29 bits per heavy atom. The van der Waals surface area contributed by atoms with Gasteiger partial charge in [0.15, 0.2) is 0 Å². The molecule has 24 heavy (non-hydrogen) atoms. The average Bonchev–Trinajstić information content (AvgIpc) is 3.30. The number of rotatable bonds is 7. The molecule has 1 aliphatic heterocycles. The van der Waals surface area contributed by atoms with Crippen LogP contribution in [-0.2, 0) is 16.1 Å². The number of nitrogens with one attached hydrogen (secondary N) is 2. The van der Waals surface area contributed by atoms with Crippen molar-refractivity contribution in [2.24, 2.45) is 0 Å². The Labute approximate surface area is 147 Å². The smallest absolute Gasteiger partial charge is 0.253 e. The van der Waals surface area contributed by atoms with Crippen molar-refractivity contribution in [3.8, 4) is 0 Å². The van der Waals surface area contributed by atoms with Crippen LogP contribution in [0.15, 0.2) is 41.8 Å². The molecule has 1 aromatic carbocycles. The molecule has 0 saturated carbocycles.